The molecule has 3 saturated carbocycles. The summed E-state index contributed by atoms with van der Waals surface area (Å²) >= 11 is 0. The molecule has 388 valence electrons. The second kappa shape index (κ2) is 23.5. The number of carbonyl (C=O) groups is 7. The summed E-state index contributed by atoms with van der Waals surface area (Å²) in [5, 5.41) is 35.4. The first-order valence-electron chi connectivity index (χ1n) is 25.0. The first-order chi connectivity index (χ1) is 34.1. The summed E-state index contributed by atoms with van der Waals surface area (Å²) in [7, 11) is 0.696. The largest absolute Gasteiger partial charge is 0.508 e. The van der Waals surface area contributed by atoms with E-state index in [1.807, 2.05) is 12.1 Å². The molecule has 7 rings (SSSR count). The molecule has 4 fully saturated rings. The van der Waals surface area contributed by atoms with Crippen molar-refractivity contribution in [2.45, 2.75) is 142 Å². The minimum atomic E-state index is -1.40. The number of hydrogen-bond acceptors (Lipinski definition) is 11. The lowest BCUT2D eigenvalue weighted by atomic mass is 9.43. The van der Waals surface area contributed by atoms with Gasteiger partial charge >= 0.3 is 7.12 Å². The molecule has 72 heavy (non-hydrogen) atoms. The van der Waals surface area contributed by atoms with E-state index < -0.39 is 103 Å². The third kappa shape index (κ3) is 12.8. The first kappa shape index (κ1) is 55.0. The monoisotopic (exact) mass is 994 g/mol. The predicted molar refractivity (Wildman–Crippen MR) is 271 cm³/mol. The van der Waals surface area contributed by atoms with E-state index in [0.29, 0.717) is 17.4 Å². The van der Waals surface area contributed by atoms with Gasteiger partial charge in [0.15, 0.2) is 0 Å². The van der Waals surface area contributed by atoms with E-state index >= 15 is 0 Å². The van der Waals surface area contributed by atoms with Gasteiger partial charge in [-0.05, 0) is 124 Å². The molecule has 1 aliphatic heterocycles. The quantitative estimate of drug-likeness (QED) is 0.0680. The van der Waals surface area contributed by atoms with Crippen molar-refractivity contribution in [2.24, 2.45) is 17.3 Å². The Hall–Kier alpha value is -6.31. The minimum Gasteiger partial charge on any atom is -0.508 e. The number of unbranched alkanes of at least 4 members (excludes halogenated alkanes) is 1. The SMILES string of the molecule is CCCCc1ccc(-c2ccc(C(=O)N[C@H](CO)C(=O)N[C@H](C)C(=O)NCC(=O)N(C)[C@@H](Cc3ccc(O)cc3)C(=O)N[C@@H](C)C(=O)N[C@@H](C)C(=O)N[C@@H](C)B3OC4C[C@@H]5C[C@@H](C5(C)C)[C@]4(C)O3)cc2)cc1. The Kier molecular flexibility index (Phi) is 18.0. The molecule has 1 saturated heterocycles. The highest BCUT2D eigenvalue weighted by atomic mass is 16.7. The van der Waals surface area contributed by atoms with Crippen LogP contribution in [0.5, 0.6) is 5.75 Å². The molecule has 19 heteroatoms. The van der Waals surface area contributed by atoms with Gasteiger partial charge < -0.3 is 56.3 Å². The summed E-state index contributed by atoms with van der Waals surface area (Å²) in [6.07, 6.45) is 5.10. The fourth-order valence-electron chi connectivity index (χ4n) is 10.1. The van der Waals surface area contributed by atoms with Gasteiger partial charge in [0.25, 0.3) is 5.91 Å². The maximum atomic E-state index is 13.9. The van der Waals surface area contributed by atoms with E-state index in [2.05, 4.69) is 71.7 Å². The maximum absolute atomic E-state index is 13.9. The zero-order valence-corrected chi connectivity index (χ0v) is 42.9. The molecule has 4 aliphatic rings. The minimum absolute atomic E-state index is 0.0145. The number of benzene rings is 3. The van der Waals surface area contributed by atoms with Crippen LogP contribution in [0.2, 0.25) is 0 Å². The van der Waals surface area contributed by atoms with E-state index in [9.17, 15) is 43.8 Å². The van der Waals surface area contributed by atoms with Crippen LogP contribution in [-0.4, -0.2) is 132 Å². The average molecular weight is 994 g/mol. The third-order valence-corrected chi connectivity index (χ3v) is 15.0. The number of aryl methyl sites for hydroxylation is 1. The maximum Gasteiger partial charge on any atom is 0.481 e. The Bertz CT molecular complexity index is 2440. The molecule has 0 radical (unpaired) electrons. The number of carbonyl (C=O) groups excluding carboxylic acids is 7. The topological polar surface area (TPSA) is 254 Å². The van der Waals surface area contributed by atoms with Crippen molar-refractivity contribution in [1.82, 2.24) is 36.8 Å². The Morgan fingerprint density at radius 2 is 1.28 bits per heavy atom. The number of likely N-dealkylation sites (N-methyl/N-ethyl adjacent to an activating group) is 1. The Labute approximate surface area is 422 Å². The predicted octanol–water partition coefficient (Wildman–Crippen LogP) is 2.96. The Morgan fingerprint density at radius 3 is 1.88 bits per heavy atom. The van der Waals surface area contributed by atoms with Crippen molar-refractivity contribution >= 4 is 48.5 Å². The van der Waals surface area contributed by atoms with E-state index in [0.717, 1.165) is 48.1 Å². The van der Waals surface area contributed by atoms with Crippen molar-refractivity contribution in [3.8, 4) is 16.9 Å². The van der Waals surface area contributed by atoms with Crippen LogP contribution in [0.4, 0.5) is 0 Å². The van der Waals surface area contributed by atoms with Gasteiger partial charge in [-0.1, -0.05) is 75.7 Å². The van der Waals surface area contributed by atoms with Crippen LogP contribution >= 0.6 is 0 Å². The van der Waals surface area contributed by atoms with Crippen molar-refractivity contribution in [2.75, 3.05) is 20.2 Å². The van der Waals surface area contributed by atoms with Crippen molar-refractivity contribution in [3.05, 3.63) is 89.5 Å². The number of aliphatic hydroxyl groups is 1. The van der Waals surface area contributed by atoms with Crippen molar-refractivity contribution in [3.63, 3.8) is 0 Å². The molecular weight excluding hydrogens is 921 g/mol. The lowest BCUT2D eigenvalue weighted by Crippen LogP contribution is -2.65. The molecule has 0 aromatic heterocycles. The van der Waals surface area contributed by atoms with Crippen LogP contribution in [0, 0.1) is 17.3 Å². The van der Waals surface area contributed by atoms with Gasteiger partial charge in [-0.3, -0.25) is 33.6 Å². The van der Waals surface area contributed by atoms with Gasteiger partial charge in [0.05, 0.1) is 30.8 Å². The molecule has 18 nitrogen and oxygen atoms in total. The first-order valence-corrected chi connectivity index (χ1v) is 25.0. The second-order valence-electron chi connectivity index (χ2n) is 20.5. The zero-order chi connectivity index (χ0) is 52.7. The van der Waals surface area contributed by atoms with Gasteiger partial charge in [-0.2, -0.15) is 0 Å². The smallest absolute Gasteiger partial charge is 0.481 e. The van der Waals surface area contributed by atoms with Crippen LogP contribution in [-0.2, 0) is 50.9 Å². The lowest BCUT2D eigenvalue weighted by Gasteiger charge is -2.64. The number of phenolic OH excluding ortho intramolecular Hbond substituents is 1. The molecule has 1 unspecified atom stereocenters. The molecule has 0 spiro atoms. The number of hydrogen-bond donors (Lipinski definition) is 8. The third-order valence-electron chi connectivity index (χ3n) is 15.0. The van der Waals surface area contributed by atoms with Crippen LogP contribution in [0.3, 0.4) is 0 Å². The fraction of sp³-hybridized carbons (Fsp3) is 0.528. The van der Waals surface area contributed by atoms with Crippen LogP contribution in [0.1, 0.15) is 103 Å². The van der Waals surface area contributed by atoms with Gasteiger partial charge in [-0.25, -0.2) is 0 Å². The summed E-state index contributed by atoms with van der Waals surface area (Å²) in [6.45, 7) is 13.5. The Morgan fingerprint density at radius 1 is 0.722 bits per heavy atom. The fourth-order valence-corrected chi connectivity index (χ4v) is 10.1. The average Bonchev–Trinajstić information content (AvgIpc) is 3.73. The van der Waals surface area contributed by atoms with Crippen molar-refractivity contribution in [1.29, 1.82) is 0 Å². The molecule has 1 heterocycles. The number of nitrogens with one attached hydrogen (secondary N) is 6. The van der Waals surface area contributed by atoms with Crippen LogP contribution < -0.4 is 31.9 Å². The number of aromatic hydroxyl groups is 1. The van der Waals surface area contributed by atoms with Gasteiger partial charge in [0, 0.05) is 19.0 Å². The lowest BCUT2D eigenvalue weighted by molar-refractivity contribution is -0.199. The molecule has 8 N–H and O–H groups in total. The zero-order valence-electron chi connectivity index (χ0n) is 42.9. The van der Waals surface area contributed by atoms with Crippen LogP contribution in [0.25, 0.3) is 11.1 Å². The van der Waals surface area contributed by atoms with Gasteiger partial charge in [-0.15, -0.1) is 0 Å². The number of nitrogens with zero attached hydrogens (tertiary/aromatic N) is 1. The molecule has 3 aliphatic carbocycles. The summed E-state index contributed by atoms with van der Waals surface area (Å²) < 4.78 is 12.8. The molecule has 2 bridgehead atoms. The number of phenols is 1. The van der Waals surface area contributed by atoms with E-state index in [4.69, 9.17) is 9.31 Å². The summed E-state index contributed by atoms with van der Waals surface area (Å²) in [6, 6.07) is 15.0. The Balaban J connectivity index is 0.975. The van der Waals surface area contributed by atoms with E-state index in [-0.39, 0.29) is 29.3 Å². The molecule has 7 amide bonds. The van der Waals surface area contributed by atoms with E-state index in [1.165, 1.54) is 45.5 Å². The summed E-state index contributed by atoms with van der Waals surface area (Å²) in [5.41, 5.74) is 3.67. The highest BCUT2D eigenvalue weighted by Gasteiger charge is 2.68. The number of rotatable bonds is 22. The van der Waals surface area contributed by atoms with E-state index in [1.54, 1.807) is 43.3 Å². The van der Waals surface area contributed by atoms with Gasteiger partial charge in [0.2, 0.25) is 35.4 Å². The highest BCUT2D eigenvalue weighted by Crippen LogP contribution is 2.65. The summed E-state index contributed by atoms with van der Waals surface area (Å²) in [4.78, 5) is 94.6. The standard InChI is InChI=1S/C53H72BN7O11/c1-10-11-12-34-13-17-36(18-14-34)37-19-21-38(22-20-37)49(68)60-41(29-62)50(69)57-30(2)46(65)55-28-45(64)61(9)42(25-35-15-23-40(63)24-16-35)51(70)58-31(3)47(66)56-32(4)48(67)59-33(5)54-71-44-27-39-26-43(52(39,6)7)53(44,8)72-54/h13-24,30-33,39,41-44,62-63H,10-12,25-29H2,1-9H3,(H,55,65)(H,56,66)(H,57,69)(H,58,70)(H,59,67)(H,60,68)/t30-,31+,32+,33+,39+,41-,42+,43+,44?,53+/m1/s1. The number of amides is 7. The normalized spacial score (nSPS) is 22.0. The number of aliphatic hydroxyl groups excluding tert-OH is 1. The molecule has 10 atom stereocenters. The van der Waals surface area contributed by atoms with Crippen LogP contribution in [0.15, 0.2) is 72.8 Å². The molecule has 3 aromatic rings. The second-order valence-corrected chi connectivity index (χ2v) is 20.5. The summed E-state index contributed by atoms with van der Waals surface area (Å²) in [5.74, 6) is -4.39. The van der Waals surface area contributed by atoms with Gasteiger partial charge in [0.1, 0.15) is 36.0 Å². The van der Waals surface area contributed by atoms with Crippen molar-refractivity contribution < 1.29 is 53.1 Å². The molecule has 3 aromatic carbocycles. The highest BCUT2D eigenvalue weighted by molar-refractivity contribution is 6.47. The molecular formula is C53H72BN7O11.